The van der Waals surface area contributed by atoms with Gasteiger partial charge in [0.25, 0.3) is 0 Å². The average molecular weight is 223 g/mol. The third-order valence-electron chi connectivity index (χ3n) is 2.15. The lowest BCUT2D eigenvalue weighted by Crippen LogP contribution is -2.21. The molecule has 0 aliphatic carbocycles. The van der Waals surface area contributed by atoms with Crippen LogP contribution in [0.4, 0.5) is 5.69 Å². The topological polar surface area (TPSA) is 65.5 Å². The minimum atomic E-state index is -0.958. The first-order chi connectivity index (χ1) is 7.50. The summed E-state index contributed by atoms with van der Waals surface area (Å²) in [5, 5.41) is 12.1. The second-order valence-electron chi connectivity index (χ2n) is 3.91. The maximum absolute atomic E-state index is 10.9. The first kappa shape index (κ1) is 12.4. The van der Waals surface area contributed by atoms with E-state index in [2.05, 4.69) is 10.3 Å². The van der Waals surface area contributed by atoms with Gasteiger partial charge >= 0.3 is 5.97 Å². The number of carboxylic acid groups (broad SMARTS) is 1. The van der Waals surface area contributed by atoms with E-state index in [1.54, 1.807) is 6.07 Å². The molecule has 2 N–H and O–H groups in total. The number of anilines is 1. The Kier molecular flexibility index (Phi) is 4.25. The van der Waals surface area contributed by atoms with Crippen molar-refractivity contribution in [3.8, 4) is 0 Å². The van der Waals surface area contributed by atoms with Crippen molar-refractivity contribution in [1.29, 1.82) is 0 Å². The fourth-order valence-electron chi connectivity index (χ4n) is 1.29. The van der Waals surface area contributed by atoms with Crippen molar-refractivity contribution in [2.45, 2.75) is 6.92 Å². The van der Waals surface area contributed by atoms with Crippen molar-refractivity contribution in [2.75, 3.05) is 32.5 Å². The summed E-state index contributed by atoms with van der Waals surface area (Å²) >= 11 is 0. The third-order valence-corrected chi connectivity index (χ3v) is 2.15. The van der Waals surface area contributed by atoms with Crippen LogP contribution in [0.15, 0.2) is 12.3 Å². The Bertz CT molecular complexity index is 377. The molecule has 88 valence electrons. The predicted molar refractivity (Wildman–Crippen MR) is 63.0 cm³/mol. The zero-order valence-electron chi connectivity index (χ0n) is 9.82. The highest BCUT2D eigenvalue weighted by Gasteiger charge is 2.10. The van der Waals surface area contributed by atoms with Gasteiger partial charge in [0.1, 0.15) is 5.56 Å². The lowest BCUT2D eigenvalue weighted by Gasteiger charge is -2.13. The summed E-state index contributed by atoms with van der Waals surface area (Å²) in [6, 6.07) is 1.75. The van der Waals surface area contributed by atoms with Crippen molar-refractivity contribution >= 4 is 11.7 Å². The Hall–Kier alpha value is -1.62. The number of aromatic nitrogens is 1. The van der Waals surface area contributed by atoms with E-state index in [9.17, 15) is 4.79 Å². The molecule has 1 rings (SSSR count). The van der Waals surface area contributed by atoms with E-state index < -0.39 is 5.97 Å². The highest BCUT2D eigenvalue weighted by molar-refractivity contribution is 5.93. The van der Waals surface area contributed by atoms with E-state index in [4.69, 9.17) is 5.11 Å². The molecule has 0 atom stereocenters. The third kappa shape index (κ3) is 3.51. The van der Waals surface area contributed by atoms with E-state index in [-0.39, 0.29) is 5.56 Å². The maximum Gasteiger partial charge on any atom is 0.339 e. The smallest absolute Gasteiger partial charge is 0.339 e. The number of rotatable bonds is 5. The van der Waals surface area contributed by atoms with Crippen LogP contribution in [0.3, 0.4) is 0 Å². The molecule has 0 aliphatic heterocycles. The molecule has 5 heteroatoms. The number of aromatic carboxylic acids is 1. The number of nitrogens with one attached hydrogen (secondary N) is 1. The number of carboxylic acids is 1. The number of carbonyl (C=O) groups is 1. The quantitative estimate of drug-likeness (QED) is 0.781. The molecule has 1 aromatic heterocycles. The minimum Gasteiger partial charge on any atom is -0.478 e. The van der Waals surface area contributed by atoms with Crippen LogP contribution < -0.4 is 5.32 Å². The largest absolute Gasteiger partial charge is 0.478 e. The molecule has 1 heterocycles. The Balaban J connectivity index is 2.76. The van der Waals surface area contributed by atoms with Gasteiger partial charge in [-0.3, -0.25) is 4.98 Å². The van der Waals surface area contributed by atoms with Crippen LogP contribution in [0.25, 0.3) is 0 Å². The summed E-state index contributed by atoms with van der Waals surface area (Å²) in [6.07, 6.45) is 1.38. The summed E-state index contributed by atoms with van der Waals surface area (Å²) in [6.45, 7) is 3.39. The second-order valence-corrected chi connectivity index (χ2v) is 3.91. The molecule has 0 saturated carbocycles. The summed E-state index contributed by atoms with van der Waals surface area (Å²) < 4.78 is 0. The van der Waals surface area contributed by atoms with Crippen LogP contribution in [0.2, 0.25) is 0 Å². The molecule has 0 radical (unpaired) electrons. The molecule has 0 unspecified atom stereocenters. The van der Waals surface area contributed by atoms with E-state index in [0.717, 1.165) is 12.2 Å². The van der Waals surface area contributed by atoms with Crippen LogP contribution in [-0.4, -0.2) is 48.1 Å². The minimum absolute atomic E-state index is 0.212. The molecular weight excluding hydrogens is 206 g/mol. The molecule has 0 bridgehead atoms. The number of pyridine rings is 1. The van der Waals surface area contributed by atoms with Crippen LogP contribution in [0.5, 0.6) is 0 Å². The molecule has 0 aliphatic rings. The maximum atomic E-state index is 10.9. The SMILES string of the molecule is Cc1cc(NCCN(C)C)c(C(=O)O)cn1. The fraction of sp³-hybridized carbons (Fsp3) is 0.455. The number of hydrogen-bond acceptors (Lipinski definition) is 4. The van der Waals surface area contributed by atoms with Gasteiger partial charge in [0.2, 0.25) is 0 Å². The molecule has 1 aromatic rings. The molecule has 0 spiro atoms. The van der Waals surface area contributed by atoms with Crippen LogP contribution in [-0.2, 0) is 0 Å². The van der Waals surface area contributed by atoms with E-state index in [1.165, 1.54) is 6.20 Å². The van der Waals surface area contributed by atoms with Gasteiger partial charge in [-0.25, -0.2) is 4.79 Å². The number of nitrogens with zero attached hydrogens (tertiary/aromatic N) is 2. The van der Waals surface area contributed by atoms with Crippen molar-refractivity contribution in [1.82, 2.24) is 9.88 Å². The van der Waals surface area contributed by atoms with Gasteiger partial charge in [0, 0.05) is 25.0 Å². The zero-order chi connectivity index (χ0) is 12.1. The molecule has 0 aromatic carbocycles. The van der Waals surface area contributed by atoms with Gasteiger partial charge in [0.15, 0.2) is 0 Å². The van der Waals surface area contributed by atoms with Gasteiger partial charge in [-0.15, -0.1) is 0 Å². The van der Waals surface area contributed by atoms with Gasteiger partial charge in [-0.05, 0) is 27.1 Å². The van der Waals surface area contributed by atoms with Crippen molar-refractivity contribution in [3.05, 3.63) is 23.5 Å². The summed E-state index contributed by atoms with van der Waals surface area (Å²) in [5.41, 5.74) is 1.64. The second kappa shape index (κ2) is 5.46. The summed E-state index contributed by atoms with van der Waals surface area (Å²) in [4.78, 5) is 16.9. The predicted octanol–water partition coefficient (Wildman–Crippen LogP) is 1.06. The Labute approximate surface area is 95.1 Å². The first-order valence-corrected chi connectivity index (χ1v) is 5.09. The van der Waals surface area contributed by atoms with Gasteiger partial charge in [-0.2, -0.15) is 0 Å². The van der Waals surface area contributed by atoms with Gasteiger partial charge in [-0.1, -0.05) is 0 Å². The lowest BCUT2D eigenvalue weighted by molar-refractivity contribution is 0.0697. The molecule has 5 nitrogen and oxygen atoms in total. The van der Waals surface area contributed by atoms with E-state index >= 15 is 0 Å². The number of likely N-dealkylation sites (N-methyl/N-ethyl adjacent to an activating group) is 1. The Morgan fingerprint density at radius 1 is 1.56 bits per heavy atom. The van der Waals surface area contributed by atoms with Crippen LogP contribution >= 0.6 is 0 Å². The first-order valence-electron chi connectivity index (χ1n) is 5.09. The molecule has 0 fully saturated rings. The average Bonchev–Trinajstić information content (AvgIpc) is 2.16. The zero-order valence-corrected chi connectivity index (χ0v) is 9.82. The molecular formula is C11H17N3O2. The van der Waals surface area contributed by atoms with Crippen LogP contribution in [0.1, 0.15) is 16.1 Å². The van der Waals surface area contributed by atoms with Crippen molar-refractivity contribution in [2.24, 2.45) is 0 Å². The van der Waals surface area contributed by atoms with Crippen molar-refractivity contribution in [3.63, 3.8) is 0 Å². The van der Waals surface area contributed by atoms with Gasteiger partial charge < -0.3 is 15.3 Å². The lowest BCUT2D eigenvalue weighted by atomic mass is 10.2. The van der Waals surface area contributed by atoms with E-state index in [0.29, 0.717) is 12.2 Å². The van der Waals surface area contributed by atoms with Crippen LogP contribution in [0, 0.1) is 6.92 Å². The summed E-state index contributed by atoms with van der Waals surface area (Å²) in [7, 11) is 3.94. The van der Waals surface area contributed by atoms with Crippen molar-refractivity contribution < 1.29 is 9.90 Å². The Morgan fingerprint density at radius 2 is 2.25 bits per heavy atom. The molecule has 16 heavy (non-hydrogen) atoms. The number of hydrogen-bond donors (Lipinski definition) is 2. The normalized spacial score (nSPS) is 10.5. The fourth-order valence-corrected chi connectivity index (χ4v) is 1.29. The monoisotopic (exact) mass is 223 g/mol. The van der Waals surface area contributed by atoms with E-state index in [1.807, 2.05) is 25.9 Å². The molecule has 0 saturated heterocycles. The highest BCUT2D eigenvalue weighted by Crippen LogP contribution is 2.15. The molecule has 0 amide bonds. The summed E-state index contributed by atoms with van der Waals surface area (Å²) in [5.74, 6) is -0.958. The number of aryl methyl sites for hydroxylation is 1. The Morgan fingerprint density at radius 3 is 2.81 bits per heavy atom. The van der Waals surface area contributed by atoms with Gasteiger partial charge in [0.05, 0.1) is 5.69 Å². The standard InChI is InChI=1S/C11H17N3O2/c1-8-6-10(12-4-5-14(2)3)9(7-13-8)11(15)16/h6-7H,4-5H2,1-3H3,(H,12,13)(H,15,16). The highest BCUT2D eigenvalue weighted by atomic mass is 16.4.